The number of benzene rings is 3. The van der Waals surface area contributed by atoms with Crippen LogP contribution in [0.2, 0.25) is 0 Å². The van der Waals surface area contributed by atoms with Gasteiger partial charge in [0.1, 0.15) is 17.5 Å². The van der Waals surface area contributed by atoms with E-state index in [4.69, 9.17) is 0 Å². The molecule has 0 amide bonds. The first-order valence-corrected chi connectivity index (χ1v) is 14.2. The zero-order valence-electron chi connectivity index (χ0n) is 24.3. The SMILES string of the molecule is C=CN=C(CCCCC(=C)C)Nc1cc(C(C)/C=C(\CC)C(C)c2ccc(F)cc2)ccc1-c1ccc(F)cc1. The molecular weight excluding hydrogens is 498 g/mol. The van der Waals surface area contributed by atoms with Crippen molar-refractivity contribution in [2.24, 2.45) is 4.99 Å². The summed E-state index contributed by atoms with van der Waals surface area (Å²) >= 11 is 0. The maximum atomic E-state index is 13.7. The molecule has 1 N–H and O–H groups in total. The van der Waals surface area contributed by atoms with Crippen LogP contribution in [0.5, 0.6) is 0 Å². The summed E-state index contributed by atoms with van der Waals surface area (Å²) in [6.45, 7) is 16.4. The van der Waals surface area contributed by atoms with Gasteiger partial charge >= 0.3 is 0 Å². The average molecular weight is 541 g/mol. The Hall–Kier alpha value is -3.79. The number of nitrogens with one attached hydrogen (secondary N) is 1. The monoisotopic (exact) mass is 540 g/mol. The molecule has 2 unspecified atom stereocenters. The van der Waals surface area contributed by atoms with E-state index in [0.717, 1.165) is 65.9 Å². The van der Waals surface area contributed by atoms with Crippen molar-refractivity contribution in [3.05, 3.63) is 126 Å². The van der Waals surface area contributed by atoms with E-state index in [1.165, 1.54) is 35.4 Å². The standard InChI is InChI=1S/C36H42F2N2/c1-7-28(27(6)29-13-18-32(37)19-14-29)23-26(5)31-17-22-34(30-15-20-33(38)21-16-30)35(24-31)40-36(39-8-2)12-10-9-11-25(3)4/h8,13-24,26-27H,2-3,7,9-12H2,1,4-6H3,(H,39,40)/b28-23+. The van der Waals surface area contributed by atoms with Gasteiger partial charge in [-0.2, -0.15) is 0 Å². The topological polar surface area (TPSA) is 24.4 Å². The van der Waals surface area contributed by atoms with Crippen LogP contribution in [0.3, 0.4) is 0 Å². The molecule has 2 nitrogen and oxygen atoms in total. The Morgan fingerprint density at radius 1 is 0.900 bits per heavy atom. The van der Waals surface area contributed by atoms with Crippen molar-refractivity contribution in [2.75, 3.05) is 5.32 Å². The number of hydrogen-bond acceptors (Lipinski definition) is 1. The second-order valence-corrected chi connectivity index (χ2v) is 10.5. The number of allylic oxidation sites excluding steroid dienone is 3. The summed E-state index contributed by atoms with van der Waals surface area (Å²) in [5.74, 6) is 0.704. The van der Waals surface area contributed by atoms with E-state index in [9.17, 15) is 8.78 Å². The smallest absolute Gasteiger partial charge is 0.123 e. The summed E-state index contributed by atoms with van der Waals surface area (Å²) < 4.78 is 27.2. The molecule has 0 aliphatic carbocycles. The Labute approximate surface area is 239 Å². The highest BCUT2D eigenvalue weighted by Gasteiger charge is 2.15. The fourth-order valence-electron chi connectivity index (χ4n) is 4.93. The van der Waals surface area contributed by atoms with Gasteiger partial charge in [-0.3, -0.25) is 0 Å². The minimum Gasteiger partial charge on any atom is -0.343 e. The van der Waals surface area contributed by atoms with Crippen LogP contribution in [0.4, 0.5) is 14.5 Å². The third-order valence-corrected chi connectivity index (χ3v) is 7.32. The maximum Gasteiger partial charge on any atom is 0.123 e. The Kier molecular flexibility index (Phi) is 11.6. The fraction of sp³-hybridized carbons (Fsp3) is 0.306. The fourth-order valence-corrected chi connectivity index (χ4v) is 4.93. The quantitative estimate of drug-likeness (QED) is 0.0991. The Morgan fingerprint density at radius 2 is 1.50 bits per heavy atom. The zero-order valence-corrected chi connectivity index (χ0v) is 24.3. The molecule has 0 saturated heterocycles. The molecular formula is C36H42F2N2. The summed E-state index contributed by atoms with van der Waals surface area (Å²) in [6.07, 6.45) is 8.61. The molecule has 0 spiro atoms. The van der Waals surface area contributed by atoms with E-state index in [2.05, 4.69) is 75.4 Å². The molecule has 3 rings (SSSR count). The lowest BCUT2D eigenvalue weighted by Gasteiger charge is -2.20. The summed E-state index contributed by atoms with van der Waals surface area (Å²) in [5.41, 5.74) is 7.59. The molecule has 0 aliphatic rings. The first-order chi connectivity index (χ1) is 19.2. The van der Waals surface area contributed by atoms with Gasteiger partial charge in [-0.1, -0.05) is 81.0 Å². The number of nitrogens with zero attached hydrogens (tertiary/aromatic N) is 1. The average Bonchev–Trinajstić information content (AvgIpc) is 2.94. The van der Waals surface area contributed by atoms with Gasteiger partial charge < -0.3 is 5.32 Å². The summed E-state index contributed by atoms with van der Waals surface area (Å²) in [5, 5.41) is 3.57. The highest BCUT2D eigenvalue weighted by molar-refractivity contribution is 5.99. The van der Waals surface area contributed by atoms with Crippen molar-refractivity contribution in [1.29, 1.82) is 0 Å². The largest absolute Gasteiger partial charge is 0.343 e. The number of amidine groups is 1. The van der Waals surface area contributed by atoms with Crippen LogP contribution in [-0.2, 0) is 0 Å². The van der Waals surface area contributed by atoms with E-state index >= 15 is 0 Å². The van der Waals surface area contributed by atoms with Crippen LogP contribution in [0.1, 0.15) is 82.8 Å². The molecule has 4 heteroatoms. The van der Waals surface area contributed by atoms with Crippen LogP contribution in [0, 0.1) is 11.6 Å². The normalized spacial score (nSPS) is 13.6. The number of anilines is 1. The van der Waals surface area contributed by atoms with Crippen molar-refractivity contribution in [2.45, 2.75) is 71.6 Å². The predicted molar refractivity (Wildman–Crippen MR) is 168 cm³/mol. The molecule has 2 atom stereocenters. The highest BCUT2D eigenvalue weighted by Crippen LogP contribution is 2.34. The molecule has 210 valence electrons. The number of unbranched alkanes of at least 4 members (excludes halogenated alkanes) is 1. The molecule has 0 bridgehead atoms. The van der Waals surface area contributed by atoms with E-state index in [-0.39, 0.29) is 23.5 Å². The number of halogens is 2. The molecule has 0 fully saturated rings. The second-order valence-electron chi connectivity index (χ2n) is 10.5. The van der Waals surface area contributed by atoms with Crippen LogP contribution >= 0.6 is 0 Å². The van der Waals surface area contributed by atoms with Crippen molar-refractivity contribution in [3.63, 3.8) is 0 Å². The number of rotatable bonds is 13. The first kappa shape index (κ1) is 30.7. The van der Waals surface area contributed by atoms with Crippen molar-refractivity contribution in [3.8, 4) is 11.1 Å². The molecule has 0 aliphatic heterocycles. The van der Waals surface area contributed by atoms with Crippen LogP contribution in [-0.4, -0.2) is 5.84 Å². The molecule has 0 saturated carbocycles. The molecule has 3 aromatic rings. The summed E-state index contributed by atoms with van der Waals surface area (Å²) in [6, 6.07) is 19.8. The molecule has 40 heavy (non-hydrogen) atoms. The first-order valence-electron chi connectivity index (χ1n) is 14.2. The predicted octanol–water partition coefficient (Wildman–Crippen LogP) is 11.0. The zero-order chi connectivity index (χ0) is 29.1. The van der Waals surface area contributed by atoms with Crippen LogP contribution < -0.4 is 5.32 Å². The Bertz CT molecular complexity index is 1330. The minimum atomic E-state index is -0.262. The van der Waals surface area contributed by atoms with E-state index in [1.807, 2.05) is 12.1 Å². The molecule has 0 radical (unpaired) electrons. The Morgan fingerprint density at radius 3 is 2.10 bits per heavy atom. The summed E-state index contributed by atoms with van der Waals surface area (Å²) in [7, 11) is 0. The second kappa shape index (κ2) is 15.1. The lowest BCUT2D eigenvalue weighted by atomic mass is 9.87. The van der Waals surface area contributed by atoms with Gasteiger partial charge in [-0.15, -0.1) is 6.58 Å². The van der Waals surface area contributed by atoms with Crippen LogP contribution in [0.25, 0.3) is 11.1 Å². The van der Waals surface area contributed by atoms with Gasteiger partial charge in [0.15, 0.2) is 0 Å². The molecule has 3 aromatic carbocycles. The van der Waals surface area contributed by atoms with Gasteiger partial charge in [0.25, 0.3) is 0 Å². The molecule has 0 heterocycles. The van der Waals surface area contributed by atoms with E-state index in [1.54, 1.807) is 18.3 Å². The van der Waals surface area contributed by atoms with Crippen molar-refractivity contribution >= 4 is 11.5 Å². The van der Waals surface area contributed by atoms with Crippen molar-refractivity contribution in [1.82, 2.24) is 0 Å². The Balaban J connectivity index is 1.94. The van der Waals surface area contributed by atoms with Gasteiger partial charge in [-0.25, -0.2) is 13.8 Å². The van der Waals surface area contributed by atoms with Crippen LogP contribution in [0.15, 0.2) is 108 Å². The third-order valence-electron chi connectivity index (χ3n) is 7.32. The molecule has 0 aromatic heterocycles. The lowest BCUT2D eigenvalue weighted by Crippen LogP contribution is -2.13. The van der Waals surface area contributed by atoms with Gasteiger partial charge in [-0.05, 0) is 85.5 Å². The summed E-state index contributed by atoms with van der Waals surface area (Å²) in [4.78, 5) is 4.53. The van der Waals surface area contributed by atoms with E-state index < -0.39 is 0 Å². The minimum absolute atomic E-state index is 0.149. The van der Waals surface area contributed by atoms with Gasteiger partial charge in [0.2, 0.25) is 0 Å². The third kappa shape index (κ3) is 8.87. The van der Waals surface area contributed by atoms with Crippen molar-refractivity contribution < 1.29 is 8.78 Å². The van der Waals surface area contributed by atoms with Gasteiger partial charge in [0, 0.05) is 29.8 Å². The van der Waals surface area contributed by atoms with Gasteiger partial charge in [0.05, 0.1) is 0 Å². The lowest BCUT2D eigenvalue weighted by molar-refractivity contribution is 0.626. The van der Waals surface area contributed by atoms with E-state index in [0.29, 0.717) is 0 Å². The number of hydrogen-bond donors (Lipinski definition) is 1. The highest BCUT2D eigenvalue weighted by atomic mass is 19.1. The maximum absolute atomic E-state index is 13.7. The number of aliphatic imine (C=N–C) groups is 1.